The summed E-state index contributed by atoms with van der Waals surface area (Å²) in [6.07, 6.45) is -0.328. The fourth-order valence-electron chi connectivity index (χ4n) is 3.56. The highest BCUT2D eigenvalue weighted by atomic mass is 16.3. The zero-order valence-electron chi connectivity index (χ0n) is 15.5. The van der Waals surface area contributed by atoms with Crippen LogP contribution in [0.2, 0.25) is 0 Å². The van der Waals surface area contributed by atoms with Gasteiger partial charge in [0, 0.05) is 64.6 Å². The van der Waals surface area contributed by atoms with Crippen molar-refractivity contribution in [3.05, 3.63) is 11.3 Å². The molecule has 0 aliphatic carbocycles. The number of aliphatic hydroxyl groups excluding tert-OH is 1. The summed E-state index contributed by atoms with van der Waals surface area (Å²) in [4.78, 5) is 18.2. The molecule has 3 heterocycles. The highest BCUT2D eigenvalue weighted by Gasteiger charge is 2.37. The lowest BCUT2D eigenvalue weighted by molar-refractivity contribution is 0.0512. The van der Waals surface area contributed by atoms with Crippen LogP contribution in [0.25, 0.3) is 0 Å². The predicted octanol–water partition coefficient (Wildman–Crippen LogP) is -0.0437. The molecule has 0 spiro atoms. The first-order valence-electron chi connectivity index (χ1n) is 8.75. The average molecular weight is 334 g/mol. The second-order valence-electron chi connectivity index (χ2n) is 7.33. The Balaban J connectivity index is 1.79. The van der Waals surface area contributed by atoms with Gasteiger partial charge in [-0.25, -0.2) is 4.98 Å². The number of piperazine rings is 1. The second-order valence-corrected chi connectivity index (χ2v) is 7.33. The third kappa shape index (κ3) is 3.34. The van der Waals surface area contributed by atoms with Gasteiger partial charge in [-0.2, -0.15) is 4.98 Å². The number of aromatic nitrogens is 2. The molecule has 2 aliphatic heterocycles. The number of aryl methyl sites for hydroxylation is 1. The first kappa shape index (κ1) is 17.4. The van der Waals surface area contributed by atoms with Gasteiger partial charge in [0.15, 0.2) is 0 Å². The van der Waals surface area contributed by atoms with E-state index in [0.717, 1.165) is 55.7 Å². The maximum absolute atomic E-state index is 10.6. The molecule has 2 atom stereocenters. The highest BCUT2D eigenvalue weighted by molar-refractivity contribution is 5.53. The van der Waals surface area contributed by atoms with Crippen LogP contribution in [-0.4, -0.2) is 97.4 Å². The average Bonchev–Trinajstić information content (AvgIpc) is 2.92. The van der Waals surface area contributed by atoms with Crippen molar-refractivity contribution in [1.29, 1.82) is 0 Å². The minimum atomic E-state index is -0.328. The van der Waals surface area contributed by atoms with Gasteiger partial charge in [0.2, 0.25) is 5.95 Å². The van der Waals surface area contributed by atoms with E-state index in [1.807, 2.05) is 25.9 Å². The maximum atomic E-state index is 10.6. The molecule has 3 rings (SSSR count). The largest absolute Gasteiger partial charge is 0.390 e. The Morgan fingerprint density at radius 3 is 2.33 bits per heavy atom. The Kier molecular flexibility index (Phi) is 4.94. The van der Waals surface area contributed by atoms with Crippen molar-refractivity contribution in [1.82, 2.24) is 19.8 Å². The number of nitrogens with zero attached hydrogens (tertiary/aromatic N) is 6. The van der Waals surface area contributed by atoms with Crippen LogP contribution in [0.15, 0.2) is 0 Å². The van der Waals surface area contributed by atoms with Gasteiger partial charge in [-0.3, -0.25) is 4.90 Å². The summed E-state index contributed by atoms with van der Waals surface area (Å²) < 4.78 is 0. The summed E-state index contributed by atoms with van der Waals surface area (Å²) in [6.45, 7) is 9.75. The number of rotatable bonds is 3. The molecular formula is C17H30N6O. The molecule has 2 saturated heterocycles. The van der Waals surface area contributed by atoms with Gasteiger partial charge in [0.05, 0.1) is 12.1 Å². The first-order valence-corrected chi connectivity index (χ1v) is 8.75. The third-order valence-corrected chi connectivity index (χ3v) is 5.32. The molecule has 0 saturated carbocycles. The van der Waals surface area contributed by atoms with E-state index in [1.165, 1.54) is 0 Å². The molecule has 24 heavy (non-hydrogen) atoms. The number of hydrogen-bond acceptors (Lipinski definition) is 7. The fourth-order valence-corrected chi connectivity index (χ4v) is 3.56. The van der Waals surface area contributed by atoms with Crippen LogP contribution in [0.3, 0.4) is 0 Å². The van der Waals surface area contributed by atoms with Gasteiger partial charge < -0.3 is 19.8 Å². The molecule has 1 N–H and O–H groups in total. The van der Waals surface area contributed by atoms with Gasteiger partial charge in [-0.1, -0.05) is 0 Å². The van der Waals surface area contributed by atoms with Crippen molar-refractivity contribution in [2.24, 2.45) is 0 Å². The summed E-state index contributed by atoms with van der Waals surface area (Å²) >= 11 is 0. The summed E-state index contributed by atoms with van der Waals surface area (Å²) in [5, 5.41) is 10.6. The van der Waals surface area contributed by atoms with E-state index in [4.69, 9.17) is 4.98 Å². The van der Waals surface area contributed by atoms with Crippen LogP contribution in [-0.2, 0) is 0 Å². The summed E-state index contributed by atoms with van der Waals surface area (Å²) in [7, 11) is 6.07. The molecule has 0 bridgehead atoms. The van der Waals surface area contributed by atoms with E-state index >= 15 is 0 Å². The van der Waals surface area contributed by atoms with Gasteiger partial charge in [0.1, 0.15) is 5.82 Å². The number of aliphatic hydroxyl groups is 1. The van der Waals surface area contributed by atoms with Crippen LogP contribution in [0.5, 0.6) is 0 Å². The van der Waals surface area contributed by atoms with Crippen molar-refractivity contribution >= 4 is 11.8 Å². The highest BCUT2D eigenvalue weighted by Crippen LogP contribution is 2.28. The molecule has 0 aromatic carbocycles. The molecule has 1 aromatic heterocycles. The van der Waals surface area contributed by atoms with E-state index < -0.39 is 0 Å². The predicted molar refractivity (Wildman–Crippen MR) is 96.9 cm³/mol. The molecule has 0 radical (unpaired) electrons. The van der Waals surface area contributed by atoms with Gasteiger partial charge in [-0.15, -0.1) is 0 Å². The number of anilines is 2. The van der Waals surface area contributed by atoms with Crippen LogP contribution < -0.4 is 9.80 Å². The first-order chi connectivity index (χ1) is 11.4. The number of likely N-dealkylation sites (N-methyl/N-ethyl adjacent to an activating group) is 1. The lowest BCUT2D eigenvalue weighted by Crippen LogP contribution is -2.52. The van der Waals surface area contributed by atoms with E-state index in [0.29, 0.717) is 6.54 Å². The summed E-state index contributed by atoms with van der Waals surface area (Å²) in [5.74, 6) is 1.69. The topological polar surface area (TPSA) is 59.0 Å². The quantitative estimate of drug-likeness (QED) is 0.832. The van der Waals surface area contributed by atoms with Crippen LogP contribution in [0, 0.1) is 13.8 Å². The Hall–Kier alpha value is -1.44. The SMILES string of the molecule is Cc1nc(N(C)C)nc(N2C[C@H](O)[C@@H](N3CCN(C)CC3)C2)c1C. The van der Waals surface area contributed by atoms with E-state index in [2.05, 4.69) is 33.7 Å². The van der Waals surface area contributed by atoms with Crippen molar-refractivity contribution in [3.63, 3.8) is 0 Å². The Labute approximate surface area is 144 Å². The lowest BCUT2D eigenvalue weighted by atomic mass is 10.1. The van der Waals surface area contributed by atoms with Gasteiger partial charge in [0.25, 0.3) is 0 Å². The van der Waals surface area contributed by atoms with Crippen molar-refractivity contribution < 1.29 is 5.11 Å². The summed E-state index contributed by atoms with van der Waals surface area (Å²) in [5.41, 5.74) is 2.10. The van der Waals surface area contributed by atoms with E-state index in [1.54, 1.807) is 0 Å². The molecule has 1 aromatic rings. The Morgan fingerprint density at radius 1 is 1.04 bits per heavy atom. The zero-order chi connectivity index (χ0) is 17.4. The zero-order valence-corrected chi connectivity index (χ0v) is 15.5. The second kappa shape index (κ2) is 6.82. The molecular weight excluding hydrogens is 304 g/mol. The minimum absolute atomic E-state index is 0.191. The molecule has 0 amide bonds. The van der Waals surface area contributed by atoms with E-state index in [-0.39, 0.29) is 12.1 Å². The van der Waals surface area contributed by atoms with Crippen molar-refractivity contribution in [3.8, 4) is 0 Å². The lowest BCUT2D eigenvalue weighted by Gasteiger charge is -2.37. The molecule has 7 nitrogen and oxygen atoms in total. The smallest absolute Gasteiger partial charge is 0.227 e. The fraction of sp³-hybridized carbons (Fsp3) is 0.765. The van der Waals surface area contributed by atoms with Crippen LogP contribution >= 0.6 is 0 Å². The maximum Gasteiger partial charge on any atom is 0.227 e. The minimum Gasteiger partial charge on any atom is -0.390 e. The van der Waals surface area contributed by atoms with E-state index in [9.17, 15) is 5.11 Å². The molecule has 134 valence electrons. The number of hydrogen-bond donors (Lipinski definition) is 1. The van der Waals surface area contributed by atoms with Gasteiger partial charge in [-0.05, 0) is 20.9 Å². The standard InChI is InChI=1S/C17H30N6O/c1-12-13(2)18-17(20(3)4)19-16(12)23-10-14(15(24)11-23)22-8-6-21(5)7-9-22/h14-15,24H,6-11H2,1-5H3/t14-,15-/m0/s1. The van der Waals surface area contributed by atoms with Gasteiger partial charge >= 0.3 is 0 Å². The third-order valence-electron chi connectivity index (χ3n) is 5.32. The Bertz CT molecular complexity index is 585. The summed E-state index contributed by atoms with van der Waals surface area (Å²) in [6, 6.07) is 0.191. The van der Waals surface area contributed by atoms with Crippen molar-refractivity contribution in [2.45, 2.75) is 26.0 Å². The molecule has 7 heteroatoms. The van der Waals surface area contributed by atoms with Crippen LogP contribution in [0.1, 0.15) is 11.3 Å². The molecule has 0 unspecified atom stereocenters. The number of β-amino-alcohol motifs (C(OH)–C–C–N with tert-alkyl or cyclic N) is 1. The molecule has 2 fully saturated rings. The monoisotopic (exact) mass is 334 g/mol. The Morgan fingerprint density at radius 2 is 1.71 bits per heavy atom. The molecule has 2 aliphatic rings. The normalized spacial score (nSPS) is 26.2. The van der Waals surface area contributed by atoms with Crippen molar-refractivity contribution in [2.75, 3.05) is 70.2 Å². The van der Waals surface area contributed by atoms with Crippen LogP contribution in [0.4, 0.5) is 11.8 Å².